The van der Waals surface area contributed by atoms with Gasteiger partial charge in [-0.1, -0.05) is 12.1 Å². The first-order chi connectivity index (χ1) is 15.0. The highest BCUT2D eigenvalue weighted by Crippen LogP contribution is 2.38. The van der Waals surface area contributed by atoms with Gasteiger partial charge in [0.25, 0.3) is 0 Å². The van der Waals surface area contributed by atoms with Crippen molar-refractivity contribution >= 4 is 33.3 Å². The summed E-state index contributed by atoms with van der Waals surface area (Å²) in [5.74, 6) is 1.44. The summed E-state index contributed by atoms with van der Waals surface area (Å²) in [4.78, 5) is 14.2. The van der Waals surface area contributed by atoms with Crippen LogP contribution >= 0.6 is 11.3 Å². The monoisotopic (exact) mass is 441 g/mol. The van der Waals surface area contributed by atoms with Gasteiger partial charge in [-0.2, -0.15) is 4.98 Å². The zero-order valence-electron chi connectivity index (χ0n) is 17.3. The normalized spacial score (nSPS) is 25.8. The quantitative estimate of drug-likeness (QED) is 0.379. The van der Waals surface area contributed by atoms with E-state index in [9.17, 15) is 15.3 Å². The molecule has 2 heterocycles. The van der Waals surface area contributed by atoms with Gasteiger partial charge in [-0.05, 0) is 44.2 Å². The molecule has 0 spiro atoms. The first-order valence-corrected chi connectivity index (χ1v) is 11.6. The van der Waals surface area contributed by atoms with Gasteiger partial charge in [-0.3, -0.25) is 0 Å². The van der Waals surface area contributed by atoms with E-state index >= 15 is 0 Å². The topological polar surface area (TPSA) is 123 Å². The zero-order chi connectivity index (χ0) is 21.5. The van der Waals surface area contributed by atoms with Crippen molar-refractivity contribution in [3.05, 3.63) is 30.0 Å². The fraction of sp³-hybridized carbons (Fsp3) is 0.500. The first-order valence-electron chi connectivity index (χ1n) is 10.8. The van der Waals surface area contributed by atoms with Gasteiger partial charge in [-0.15, -0.1) is 11.3 Å². The molecule has 3 aromatic rings. The molecule has 1 aromatic carbocycles. The van der Waals surface area contributed by atoms with Gasteiger partial charge < -0.3 is 26.0 Å². The highest BCUT2D eigenvalue weighted by atomic mass is 32.1. The third kappa shape index (κ3) is 4.10. The fourth-order valence-electron chi connectivity index (χ4n) is 4.17. The number of hydrogen-bond acceptors (Lipinski definition) is 9. The number of nitrogens with zero attached hydrogens (tertiary/aromatic N) is 3. The third-order valence-electron chi connectivity index (χ3n) is 6.20. The van der Waals surface area contributed by atoms with Crippen molar-refractivity contribution < 1.29 is 15.3 Å². The maximum Gasteiger partial charge on any atom is 0.224 e. The third-order valence-corrected chi connectivity index (χ3v) is 7.26. The molecular formula is C22H27N5O3S. The zero-order valence-corrected chi connectivity index (χ0v) is 18.1. The summed E-state index contributed by atoms with van der Waals surface area (Å²) < 4.78 is 1.08. The lowest BCUT2D eigenvalue weighted by Crippen LogP contribution is -2.35. The number of fused-ring (bicyclic) bond motifs is 1. The second-order valence-corrected chi connectivity index (χ2v) is 9.61. The van der Waals surface area contributed by atoms with E-state index in [0.717, 1.165) is 33.0 Å². The molecule has 2 aliphatic rings. The standard InChI is InChI=1S/C22H27N5O3S/c1-11-17(21-26-14-4-2-3-5-16(14)31-21)20(27-22(24-11)23-9-12-6-7-12)25-15-8-13(10-28)18(29)19(15)30/h2-5,12-13,15,18-19,28-30H,6-10H2,1H3,(H2,23,24,25,27)/t13-,15-,18-,19+/m1/s1. The number of rotatable bonds is 7. The Bertz CT molecular complexity index is 1050. The molecular weight excluding hydrogens is 414 g/mol. The molecule has 9 heteroatoms. The van der Waals surface area contributed by atoms with Crippen molar-refractivity contribution in [2.45, 2.75) is 44.4 Å². The first kappa shape index (κ1) is 20.6. The summed E-state index contributed by atoms with van der Waals surface area (Å²) in [7, 11) is 0. The lowest BCUT2D eigenvalue weighted by Gasteiger charge is -2.21. The van der Waals surface area contributed by atoms with Crippen molar-refractivity contribution in [3.63, 3.8) is 0 Å². The molecule has 4 atom stereocenters. The molecule has 0 aliphatic heterocycles. The molecule has 0 bridgehead atoms. The van der Waals surface area contributed by atoms with Gasteiger partial charge in [0.05, 0.1) is 33.6 Å². The maximum atomic E-state index is 10.5. The van der Waals surface area contributed by atoms with E-state index < -0.39 is 18.2 Å². The van der Waals surface area contributed by atoms with Crippen LogP contribution in [0.2, 0.25) is 0 Å². The van der Waals surface area contributed by atoms with E-state index in [2.05, 4.69) is 15.6 Å². The number of para-hydroxylation sites is 1. The second-order valence-electron chi connectivity index (χ2n) is 8.58. The van der Waals surface area contributed by atoms with Crippen LogP contribution < -0.4 is 10.6 Å². The number of anilines is 2. The largest absolute Gasteiger partial charge is 0.396 e. The summed E-state index contributed by atoms with van der Waals surface area (Å²) in [5, 5.41) is 37.8. The van der Waals surface area contributed by atoms with Gasteiger partial charge in [-0.25, -0.2) is 9.97 Å². The minimum absolute atomic E-state index is 0.169. The molecule has 8 nitrogen and oxygen atoms in total. The van der Waals surface area contributed by atoms with Gasteiger partial charge in [0.2, 0.25) is 5.95 Å². The van der Waals surface area contributed by atoms with E-state index in [1.807, 2.05) is 31.2 Å². The van der Waals surface area contributed by atoms with Crippen LogP contribution in [0.4, 0.5) is 11.8 Å². The molecule has 2 aliphatic carbocycles. The Morgan fingerprint density at radius 1 is 1.10 bits per heavy atom. The van der Waals surface area contributed by atoms with Crippen LogP contribution in [0.5, 0.6) is 0 Å². The predicted octanol–water partition coefficient (Wildman–Crippen LogP) is 2.40. The average Bonchev–Trinajstić information content (AvgIpc) is 3.44. The van der Waals surface area contributed by atoms with Gasteiger partial charge in [0, 0.05) is 19.1 Å². The van der Waals surface area contributed by atoms with E-state index in [1.165, 1.54) is 12.8 Å². The van der Waals surface area contributed by atoms with E-state index in [-0.39, 0.29) is 12.5 Å². The number of aromatic nitrogens is 3. The van der Waals surface area contributed by atoms with E-state index in [4.69, 9.17) is 9.97 Å². The molecule has 0 radical (unpaired) electrons. The number of aliphatic hydroxyl groups excluding tert-OH is 3. The Labute approximate surface area is 184 Å². The molecule has 0 amide bonds. The molecule has 164 valence electrons. The molecule has 2 aromatic heterocycles. The van der Waals surface area contributed by atoms with Crippen LogP contribution in [0.1, 0.15) is 25.0 Å². The molecule has 0 unspecified atom stereocenters. The number of nitrogens with one attached hydrogen (secondary N) is 2. The lowest BCUT2D eigenvalue weighted by atomic mass is 10.1. The van der Waals surface area contributed by atoms with Crippen molar-refractivity contribution in [2.75, 3.05) is 23.8 Å². The number of hydrogen-bond donors (Lipinski definition) is 5. The Morgan fingerprint density at radius 3 is 2.61 bits per heavy atom. The number of aryl methyl sites for hydroxylation is 1. The van der Waals surface area contributed by atoms with Crippen LogP contribution in [-0.4, -0.2) is 61.7 Å². The van der Waals surface area contributed by atoms with Crippen LogP contribution in [-0.2, 0) is 0 Å². The van der Waals surface area contributed by atoms with Crippen LogP contribution in [0.15, 0.2) is 24.3 Å². The van der Waals surface area contributed by atoms with Gasteiger partial charge in [0.15, 0.2) is 0 Å². The predicted molar refractivity (Wildman–Crippen MR) is 121 cm³/mol. The summed E-state index contributed by atoms with van der Waals surface area (Å²) in [5.41, 5.74) is 2.51. The smallest absolute Gasteiger partial charge is 0.224 e. The molecule has 2 fully saturated rings. The maximum absolute atomic E-state index is 10.5. The van der Waals surface area contributed by atoms with Crippen molar-refractivity contribution in [3.8, 4) is 10.6 Å². The Kier molecular flexibility index (Phi) is 5.51. The van der Waals surface area contributed by atoms with E-state index in [0.29, 0.717) is 24.1 Å². The van der Waals surface area contributed by atoms with Crippen molar-refractivity contribution in [1.82, 2.24) is 15.0 Å². The summed E-state index contributed by atoms with van der Waals surface area (Å²) >= 11 is 1.57. The van der Waals surface area contributed by atoms with Crippen LogP contribution in [0.3, 0.4) is 0 Å². The molecule has 0 saturated heterocycles. The highest BCUT2D eigenvalue weighted by Gasteiger charge is 2.41. The Morgan fingerprint density at radius 2 is 1.90 bits per heavy atom. The minimum Gasteiger partial charge on any atom is -0.396 e. The van der Waals surface area contributed by atoms with Crippen molar-refractivity contribution in [1.29, 1.82) is 0 Å². The molecule has 5 N–H and O–H groups in total. The fourth-order valence-corrected chi connectivity index (χ4v) is 5.24. The Hall–Kier alpha value is -2.33. The minimum atomic E-state index is -0.987. The molecule has 31 heavy (non-hydrogen) atoms. The SMILES string of the molecule is Cc1nc(NCC2CC2)nc(N[C@@H]2C[C@H](CO)[C@@H](O)[C@H]2O)c1-c1nc2ccccc2s1. The summed E-state index contributed by atoms with van der Waals surface area (Å²) in [6.45, 7) is 2.61. The van der Waals surface area contributed by atoms with E-state index in [1.54, 1.807) is 11.3 Å². The number of benzene rings is 1. The highest BCUT2D eigenvalue weighted by molar-refractivity contribution is 7.21. The molecule has 2 saturated carbocycles. The van der Waals surface area contributed by atoms with Gasteiger partial charge >= 0.3 is 0 Å². The van der Waals surface area contributed by atoms with Gasteiger partial charge in [0.1, 0.15) is 16.9 Å². The molecule has 5 rings (SSSR count). The lowest BCUT2D eigenvalue weighted by molar-refractivity contribution is 0.00446. The van der Waals surface area contributed by atoms with Crippen LogP contribution in [0.25, 0.3) is 20.8 Å². The van der Waals surface area contributed by atoms with Crippen molar-refractivity contribution in [2.24, 2.45) is 11.8 Å². The second kappa shape index (κ2) is 8.31. The number of thiazole rings is 1. The summed E-state index contributed by atoms with van der Waals surface area (Å²) in [6.07, 6.45) is 0.958. The Balaban J connectivity index is 1.52. The number of aliphatic hydroxyl groups is 3. The average molecular weight is 442 g/mol. The summed E-state index contributed by atoms with van der Waals surface area (Å²) in [6, 6.07) is 7.54. The van der Waals surface area contributed by atoms with Crippen LogP contribution in [0, 0.1) is 18.8 Å².